The van der Waals surface area contributed by atoms with E-state index in [-0.39, 0.29) is 6.09 Å². The van der Waals surface area contributed by atoms with Crippen LogP contribution in [0, 0.1) is 5.92 Å². The number of ether oxygens (including phenoxy) is 1. The molecule has 0 aromatic rings. The van der Waals surface area contributed by atoms with Crippen molar-refractivity contribution in [3.8, 4) is 0 Å². The lowest BCUT2D eigenvalue weighted by Gasteiger charge is -2.20. The predicted octanol–water partition coefficient (Wildman–Crippen LogP) is 1.90. The maximum absolute atomic E-state index is 11.3. The van der Waals surface area contributed by atoms with Gasteiger partial charge in [-0.2, -0.15) is 0 Å². The maximum atomic E-state index is 11.3. The number of nitrogens with one attached hydrogen (secondary N) is 2. The molecule has 0 aromatic heterocycles. The molecule has 0 aliphatic heterocycles. The molecule has 0 heterocycles. The summed E-state index contributed by atoms with van der Waals surface area (Å²) in [7, 11) is 0. The molecule has 0 aromatic carbocycles. The summed E-state index contributed by atoms with van der Waals surface area (Å²) < 4.78 is 5.13. The molecule has 1 rings (SSSR count). The van der Waals surface area contributed by atoms with Gasteiger partial charge in [-0.3, -0.25) is 0 Å². The van der Waals surface area contributed by atoms with Gasteiger partial charge in [0.25, 0.3) is 0 Å². The van der Waals surface area contributed by atoms with Crippen molar-refractivity contribution in [2.75, 3.05) is 13.1 Å². The Labute approximate surface area is 98.1 Å². The third-order valence-electron chi connectivity index (χ3n) is 2.59. The summed E-state index contributed by atoms with van der Waals surface area (Å²) in [6.07, 6.45) is 2.34. The van der Waals surface area contributed by atoms with E-state index in [0.717, 1.165) is 12.5 Å². The Kier molecular flexibility index (Phi) is 4.59. The first-order valence-corrected chi connectivity index (χ1v) is 6.09. The van der Waals surface area contributed by atoms with Gasteiger partial charge >= 0.3 is 6.09 Å². The molecule has 1 unspecified atom stereocenters. The van der Waals surface area contributed by atoms with Crippen LogP contribution in [0.4, 0.5) is 4.79 Å². The van der Waals surface area contributed by atoms with E-state index in [9.17, 15) is 4.79 Å². The number of rotatable bonds is 5. The maximum Gasteiger partial charge on any atom is 0.407 e. The Morgan fingerprint density at radius 2 is 2.00 bits per heavy atom. The largest absolute Gasteiger partial charge is 0.444 e. The van der Waals surface area contributed by atoms with Gasteiger partial charge in [-0.05, 0) is 46.5 Å². The highest BCUT2D eigenvalue weighted by molar-refractivity contribution is 5.67. The van der Waals surface area contributed by atoms with E-state index in [2.05, 4.69) is 17.6 Å². The fourth-order valence-corrected chi connectivity index (χ4v) is 1.54. The van der Waals surface area contributed by atoms with Crippen LogP contribution in [0.2, 0.25) is 0 Å². The fraction of sp³-hybridized carbons (Fsp3) is 0.917. The monoisotopic (exact) mass is 228 g/mol. The standard InChI is InChI=1S/C12H24N2O2/c1-9(10-5-6-10)13-7-8-14-11(15)16-12(2,3)4/h9-10,13H,5-8H2,1-4H3,(H,14,15). The molecule has 94 valence electrons. The summed E-state index contributed by atoms with van der Waals surface area (Å²) in [5.41, 5.74) is -0.418. The minimum Gasteiger partial charge on any atom is -0.444 e. The molecule has 1 aliphatic rings. The zero-order valence-corrected chi connectivity index (χ0v) is 10.8. The van der Waals surface area contributed by atoms with Gasteiger partial charge in [0.2, 0.25) is 0 Å². The molecule has 1 saturated carbocycles. The normalized spacial score (nSPS) is 18.0. The molecule has 4 heteroatoms. The van der Waals surface area contributed by atoms with Crippen LogP contribution >= 0.6 is 0 Å². The molecular formula is C12H24N2O2. The lowest BCUT2D eigenvalue weighted by atomic mass is 10.2. The van der Waals surface area contributed by atoms with Gasteiger partial charge in [0.1, 0.15) is 5.60 Å². The Balaban J connectivity index is 1.99. The fourth-order valence-electron chi connectivity index (χ4n) is 1.54. The first-order chi connectivity index (χ1) is 7.38. The van der Waals surface area contributed by atoms with Gasteiger partial charge < -0.3 is 15.4 Å². The van der Waals surface area contributed by atoms with E-state index >= 15 is 0 Å². The Hall–Kier alpha value is -0.770. The molecule has 0 saturated heterocycles. The van der Waals surface area contributed by atoms with E-state index in [1.807, 2.05) is 20.8 Å². The average molecular weight is 228 g/mol. The van der Waals surface area contributed by atoms with Crippen molar-refractivity contribution in [3.05, 3.63) is 0 Å². The summed E-state index contributed by atoms with van der Waals surface area (Å²) >= 11 is 0. The molecule has 4 nitrogen and oxygen atoms in total. The van der Waals surface area contributed by atoms with Crippen molar-refractivity contribution in [2.45, 2.75) is 52.2 Å². The van der Waals surface area contributed by atoms with Crippen molar-refractivity contribution in [1.29, 1.82) is 0 Å². The van der Waals surface area contributed by atoms with E-state index in [1.165, 1.54) is 12.8 Å². The second-order valence-corrected chi connectivity index (χ2v) is 5.51. The summed E-state index contributed by atoms with van der Waals surface area (Å²) in [4.78, 5) is 11.3. The number of hydrogen-bond donors (Lipinski definition) is 2. The Bertz CT molecular complexity index is 232. The lowest BCUT2D eigenvalue weighted by Crippen LogP contribution is -2.39. The molecular weight excluding hydrogens is 204 g/mol. The summed E-state index contributed by atoms with van der Waals surface area (Å²) in [5, 5.41) is 6.12. The first-order valence-electron chi connectivity index (χ1n) is 6.09. The second kappa shape index (κ2) is 5.53. The van der Waals surface area contributed by atoms with Crippen LogP contribution in [0.15, 0.2) is 0 Å². The lowest BCUT2D eigenvalue weighted by molar-refractivity contribution is 0.0528. The van der Waals surface area contributed by atoms with Crippen LogP contribution in [-0.2, 0) is 4.74 Å². The topological polar surface area (TPSA) is 50.4 Å². The number of alkyl carbamates (subject to hydrolysis) is 1. The molecule has 2 N–H and O–H groups in total. The van der Waals surface area contributed by atoms with Crippen LogP contribution in [0.5, 0.6) is 0 Å². The van der Waals surface area contributed by atoms with Crippen LogP contribution < -0.4 is 10.6 Å². The first kappa shape index (κ1) is 13.3. The van der Waals surface area contributed by atoms with E-state index in [1.54, 1.807) is 0 Å². The van der Waals surface area contributed by atoms with Gasteiger partial charge in [0.15, 0.2) is 0 Å². The number of amides is 1. The Morgan fingerprint density at radius 3 is 2.50 bits per heavy atom. The zero-order chi connectivity index (χ0) is 12.2. The average Bonchev–Trinajstić information content (AvgIpc) is 2.91. The van der Waals surface area contributed by atoms with E-state index in [4.69, 9.17) is 4.74 Å². The summed E-state index contributed by atoms with van der Waals surface area (Å²) in [6, 6.07) is 0.570. The van der Waals surface area contributed by atoms with E-state index < -0.39 is 5.60 Å². The SMILES string of the molecule is CC(NCCNC(=O)OC(C)(C)C)C1CC1. The highest BCUT2D eigenvalue weighted by Gasteiger charge is 2.27. The minimum absolute atomic E-state index is 0.339. The van der Waals surface area contributed by atoms with Gasteiger partial charge in [-0.25, -0.2) is 4.79 Å². The van der Waals surface area contributed by atoms with Crippen LogP contribution in [0.1, 0.15) is 40.5 Å². The third kappa shape index (κ3) is 5.95. The number of carbonyl (C=O) groups excluding carboxylic acids is 1. The minimum atomic E-state index is -0.418. The van der Waals surface area contributed by atoms with Crippen LogP contribution in [-0.4, -0.2) is 30.8 Å². The molecule has 16 heavy (non-hydrogen) atoms. The van der Waals surface area contributed by atoms with E-state index in [0.29, 0.717) is 12.6 Å². The van der Waals surface area contributed by atoms with Crippen molar-refractivity contribution >= 4 is 6.09 Å². The van der Waals surface area contributed by atoms with Gasteiger partial charge in [0, 0.05) is 19.1 Å². The quantitative estimate of drug-likeness (QED) is 0.707. The van der Waals surface area contributed by atoms with Gasteiger partial charge in [-0.1, -0.05) is 0 Å². The smallest absolute Gasteiger partial charge is 0.407 e. The Morgan fingerprint density at radius 1 is 1.38 bits per heavy atom. The van der Waals surface area contributed by atoms with Crippen molar-refractivity contribution < 1.29 is 9.53 Å². The zero-order valence-electron chi connectivity index (χ0n) is 10.8. The third-order valence-corrected chi connectivity index (χ3v) is 2.59. The predicted molar refractivity (Wildman–Crippen MR) is 64.4 cm³/mol. The molecule has 0 bridgehead atoms. The highest BCUT2D eigenvalue weighted by atomic mass is 16.6. The van der Waals surface area contributed by atoms with Gasteiger partial charge in [-0.15, -0.1) is 0 Å². The van der Waals surface area contributed by atoms with Gasteiger partial charge in [0.05, 0.1) is 0 Å². The number of hydrogen-bond acceptors (Lipinski definition) is 3. The molecule has 1 atom stereocenters. The molecule has 1 aliphatic carbocycles. The van der Waals surface area contributed by atoms with Crippen LogP contribution in [0.3, 0.4) is 0 Å². The van der Waals surface area contributed by atoms with Crippen LogP contribution in [0.25, 0.3) is 0 Å². The molecule has 1 amide bonds. The highest BCUT2D eigenvalue weighted by Crippen LogP contribution is 2.32. The van der Waals surface area contributed by atoms with Crippen molar-refractivity contribution in [3.63, 3.8) is 0 Å². The molecule has 1 fully saturated rings. The molecule has 0 radical (unpaired) electrons. The van der Waals surface area contributed by atoms with Crippen molar-refractivity contribution in [2.24, 2.45) is 5.92 Å². The number of carbonyl (C=O) groups is 1. The summed E-state index contributed by atoms with van der Waals surface area (Å²) in [6.45, 7) is 9.20. The second-order valence-electron chi connectivity index (χ2n) is 5.51. The summed E-state index contributed by atoms with van der Waals surface area (Å²) in [5.74, 6) is 0.849. The van der Waals surface area contributed by atoms with Crippen molar-refractivity contribution in [1.82, 2.24) is 10.6 Å². The molecule has 0 spiro atoms.